The zero-order valence-electron chi connectivity index (χ0n) is 12.5. The van der Waals surface area contributed by atoms with Gasteiger partial charge in [0.1, 0.15) is 6.61 Å². The van der Waals surface area contributed by atoms with Crippen molar-refractivity contribution in [3.05, 3.63) is 65.2 Å². The highest BCUT2D eigenvalue weighted by Gasteiger charge is 2.20. The van der Waals surface area contributed by atoms with E-state index in [1.165, 1.54) is 0 Å². The minimum absolute atomic E-state index is 0.0959. The lowest BCUT2D eigenvalue weighted by Crippen LogP contribution is -2.14. The van der Waals surface area contributed by atoms with Crippen molar-refractivity contribution in [1.82, 2.24) is 0 Å². The van der Waals surface area contributed by atoms with Gasteiger partial charge in [-0.05, 0) is 18.1 Å². The fourth-order valence-corrected chi connectivity index (χ4v) is 2.19. The van der Waals surface area contributed by atoms with Crippen molar-refractivity contribution in [1.29, 1.82) is 0 Å². The first kappa shape index (κ1) is 15.8. The molecule has 0 saturated heterocycles. The van der Waals surface area contributed by atoms with E-state index in [1.54, 1.807) is 18.2 Å². The number of carbonyl (C=O) groups excluding carboxylic acids is 2. The predicted octanol–water partition coefficient (Wildman–Crippen LogP) is 3.61. The molecule has 0 fully saturated rings. The van der Waals surface area contributed by atoms with Crippen LogP contribution in [0.25, 0.3) is 0 Å². The molecule has 0 aromatic heterocycles. The Hall–Kier alpha value is -2.62. The molecule has 2 aromatic rings. The van der Waals surface area contributed by atoms with Crippen LogP contribution < -0.4 is 5.73 Å². The van der Waals surface area contributed by atoms with Crippen LogP contribution in [-0.2, 0) is 11.3 Å². The summed E-state index contributed by atoms with van der Waals surface area (Å²) in [5.41, 5.74) is 7.51. The number of esters is 1. The SMILES string of the molecule is CCCC(=O)c1cccc(N)c1C(=O)OCc1ccccc1. The average Bonchev–Trinajstić information content (AvgIpc) is 2.53. The molecule has 22 heavy (non-hydrogen) atoms. The van der Waals surface area contributed by atoms with Gasteiger partial charge < -0.3 is 10.5 Å². The van der Waals surface area contributed by atoms with Crippen LogP contribution in [-0.4, -0.2) is 11.8 Å². The monoisotopic (exact) mass is 297 g/mol. The number of Topliss-reactive ketones (excluding diaryl/α,β-unsaturated/α-hetero) is 1. The number of anilines is 1. The Balaban J connectivity index is 2.20. The van der Waals surface area contributed by atoms with E-state index < -0.39 is 5.97 Å². The third-order valence-corrected chi connectivity index (χ3v) is 3.29. The largest absolute Gasteiger partial charge is 0.457 e. The number of hydrogen-bond donors (Lipinski definition) is 1. The van der Waals surface area contributed by atoms with E-state index in [2.05, 4.69) is 0 Å². The summed E-state index contributed by atoms with van der Waals surface area (Å²) in [4.78, 5) is 24.4. The Labute approximate surface area is 129 Å². The van der Waals surface area contributed by atoms with Crippen LogP contribution >= 0.6 is 0 Å². The second-order valence-electron chi connectivity index (χ2n) is 5.00. The number of hydrogen-bond acceptors (Lipinski definition) is 4. The Morgan fingerprint density at radius 1 is 1.05 bits per heavy atom. The van der Waals surface area contributed by atoms with Crippen LogP contribution in [0.2, 0.25) is 0 Å². The molecule has 0 spiro atoms. The van der Waals surface area contributed by atoms with Gasteiger partial charge in [0.15, 0.2) is 5.78 Å². The Bertz CT molecular complexity index is 665. The van der Waals surface area contributed by atoms with E-state index in [-0.39, 0.29) is 23.6 Å². The number of ketones is 1. The van der Waals surface area contributed by atoms with Crippen molar-refractivity contribution in [3.63, 3.8) is 0 Å². The molecule has 0 aliphatic carbocycles. The Morgan fingerprint density at radius 2 is 1.77 bits per heavy atom. The van der Waals surface area contributed by atoms with Crippen LogP contribution in [0.1, 0.15) is 46.0 Å². The number of benzene rings is 2. The third-order valence-electron chi connectivity index (χ3n) is 3.29. The molecule has 2 rings (SSSR count). The molecule has 0 aliphatic rings. The van der Waals surface area contributed by atoms with Crippen molar-refractivity contribution in [2.45, 2.75) is 26.4 Å². The van der Waals surface area contributed by atoms with E-state index in [0.717, 1.165) is 5.56 Å². The predicted molar refractivity (Wildman–Crippen MR) is 85.7 cm³/mol. The summed E-state index contributed by atoms with van der Waals surface area (Å²) in [6.07, 6.45) is 1.09. The second kappa shape index (κ2) is 7.41. The van der Waals surface area contributed by atoms with Crippen LogP contribution in [0.3, 0.4) is 0 Å². The smallest absolute Gasteiger partial charge is 0.341 e. The van der Waals surface area contributed by atoms with Gasteiger partial charge in [0.05, 0.1) is 5.56 Å². The van der Waals surface area contributed by atoms with Crippen LogP contribution in [0, 0.1) is 0 Å². The summed E-state index contributed by atoms with van der Waals surface area (Å²) in [6.45, 7) is 2.06. The second-order valence-corrected chi connectivity index (χ2v) is 5.00. The van der Waals surface area contributed by atoms with Gasteiger partial charge in [0, 0.05) is 17.7 Å². The Kier molecular flexibility index (Phi) is 5.31. The first-order valence-electron chi connectivity index (χ1n) is 7.26. The highest BCUT2D eigenvalue weighted by molar-refractivity contribution is 6.09. The lowest BCUT2D eigenvalue weighted by molar-refractivity contribution is 0.0471. The van der Waals surface area contributed by atoms with Gasteiger partial charge in [-0.3, -0.25) is 4.79 Å². The van der Waals surface area contributed by atoms with Gasteiger partial charge in [-0.15, -0.1) is 0 Å². The van der Waals surface area contributed by atoms with E-state index >= 15 is 0 Å². The van der Waals surface area contributed by atoms with Gasteiger partial charge in [-0.25, -0.2) is 4.79 Å². The number of ether oxygens (including phenoxy) is 1. The molecule has 4 nitrogen and oxygen atoms in total. The van der Waals surface area contributed by atoms with Crippen molar-refractivity contribution < 1.29 is 14.3 Å². The Morgan fingerprint density at radius 3 is 2.45 bits per heavy atom. The van der Waals surface area contributed by atoms with E-state index in [4.69, 9.17) is 10.5 Å². The van der Waals surface area contributed by atoms with Crippen molar-refractivity contribution in [2.24, 2.45) is 0 Å². The van der Waals surface area contributed by atoms with E-state index in [1.807, 2.05) is 37.3 Å². The molecule has 0 heterocycles. The highest BCUT2D eigenvalue weighted by Crippen LogP contribution is 2.21. The summed E-state index contributed by atoms with van der Waals surface area (Å²) in [5.74, 6) is -0.664. The number of nitrogens with two attached hydrogens (primary N) is 1. The lowest BCUT2D eigenvalue weighted by atomic mass is 9.99. The third kappa shape index (κ3) is 3.73. The molecular weight excluding hydrogens is 278 g/mol. The lowest BCUT2D eigenvalue weighted by Gasteiger charge is -2.11. The molecule has 0 unspecified atom stereocenters. The van der Waals surface area contributed by atoms with Gasteiger partial charge in [0.2, 0.25) is 0 Å². The fourth-order valence-electron chi connectivity index (χ4n) is 2.19. The van der Waals surface area contributed by atoms with Gasteiger partial charge in [0.25, 0.3) is 0 Å². The quantitative estimate of drug-likeness (QED) is 0.502. The van der Waals surface area contributed by atoms with E-state index in [0.29, 0.717) is 18.4 Å². The number of rotatable bonds is 6. The van der Waals surface area contributed by atoms with Crippen molar-refractivity contribution in [2.75, 3.05) is 5.73 Å². The minimum atomic E-state index is -0.568. The molecule has 114 valence electrons. The molecule has 0 bridgehead atoms. The molecule has 2 N–H and O–H groups in total. The zero-order valence-corrected chi connectivity index (χ0v) is 12.5. The maximum atomic E-state index is 12.3. The maximum absolute atomic E-state index is 12.3. The van der Waals surface area contributed by atoms with Crippen LogP contribution in [0.5, 0.6) is 0 Å². The van der Waals surface area contributed by atoms with Gasteiger partial charge in [-0.2, -0.15) is 0 Å². The zero-order chi connectivity index (χ0) is 15.9. The molecule has 0 amide bonds. The van der Waals surface area contributed by atoms with Gasteiger partial charge in [-0.1, -0.05) is 49.4 Å². The van der Waals surface area contributed by atoms with E-state index in [9.17, 15) is 9.59 Å². The van der Waals surface area contributed by atoms with Crippen LogP contribution in [0.4, 0.5) is 5.69 Å². The summed E-state index contributed by atoms with van der Waals surface area (Å²) < 4.78 is 5.29. The number of nitrogen functional groups attached to an aromatic ring is 1. The molecule has 0 saturated carbocycles. The minimum Gasteiger partial charge on any atom is -0.457 e. The fraction of sp³-hybridized carbons (Fsp3) is 0.222. The summed E-state index contributed by atoms with van der Waals surface area (Å²) >= 11 is 0. The summed E-state index contributed by atoms with van der Waals surface area (Å²) in [6, 6.07) is 14.3. The molecule has 4 heteroatoms. The molecule has 0 atom stereocenters. The normalized spacial score (nSPS) is 10.2. The molecule has 0 aliphatic heterocycles. The topological polar surface area (TPSA) is 69.4 Å². The highest BCUT2D eigenvalue weighted by atomic mass is 16.5. The summed E-state index contributed by atoms with van der Waals surface area (Å²) in [5, 5.41) is 0. The van der Waals surface area contributed by atoms with Crippen molar-refractivity contribution in [3.8, 4) is 0 Å². The molecule has 2 aromatic carbocycles. The number of carbonyl (C=O) groups is 2. The first-order valence-corrected chi connectivity index (χ1v) is 7.26. The standard InChI is InChI=1S/C18H19NO3/c1-2-7-16(20)14-10-6-11-15(19)17(14)18(21)22-12-13-8-4-3-5-9-13/h3-6,8-11H,2,7,12,19H2,1H3. The summed E-state index contributed by atoms with van der Waals surface area (Å²) in [7, 11) is 0. The van der Waals surface area contributed by atoms with Crippen LogP contribution in [0.15, 0.2) is 48.5 Å². The van der Waals surface area contributed by atoms with Crippen molar-refractivity contribution >= 4 is 17.4 Å². The molecule has 0 radical (unpaired) electrons. The van der Waals surface area contributed by atoms with Gasteiger partial charge >= 0.3 is 5.97 Å². The maximum Gasteiger partial charge on any atom is 0.341 e. The molecular formula is C18H19NO3. The average molecular weight is 297 g/mol. The first-order chi connectivity index (χ1) is 10.6.